The maximum atomic E-state index is 12.5. The van der Waals surface area contributed by atoms with Crippen molar-refractivity contribution in [3.05, 3.63) is 28.7 Å². The molecule has 104 valence electrons. The van der Waals surface area contributed by atoms with Crippen molar-refractivity contribution in [3.63, 3.8) is 0 Å². The summed E-state index contributed by atoms with van der Waals surface area (Å²) >= 11 is 3.43. The first-order chi connectivity index (χ1) is 9.04. The topological polar surface area (TPSA) is 43.8 Å². The quantitative estimate of drug-likeness (QED) is 0.922. The first kappa shape index (κ1) is 14.5. The van der Waals surface area contributed by atoms with E-state index < -0.39 is 0 Å². The summed E-state index contributed by atoms with van der Waals surface area (Å²) in [6.45, 7) is 2.80. The Kier molecular flexibility index (Phi) is 4.60. The second-order valence-corrected chi connectivity index (χ2v) is 5.89. The molecular formula is C14H19BrN2O2. The van der Waals surface area contributed by atoms with E-state index in [-0.39, 0.29) is 24.6 Å². The summed E-state index contributed by atoms with van der Waals surface area (Å²) in [5.41, 5.74) is 0.905. The first-order valence-corrected chi connectivity index (χ1v) is 7.23. The van der Waals surface area contributed by atoms with E-state index in [1.165, 1.54) is 0 Å². The van der Waals surface area contributed by atoms with E-state index in [9.17, 15) is 4.79 Å². The van der Waals surface area contributed by atoms with Crippen molar-refractivity contribution in [1.82, 2.24) is 4.90 Å². The summed E-state index contributed by atoms with van der Waals surface area (Å²) in [5, 5.41) is 9.14. The lowest BCUT2D eigenvalue weighted by molar-refractivity contribution is -0.127. The van der Waals surface area contributed by atoms with Crippen LogP contribution in [0.1, 0.15) is 13.3 Å². The zero-order valence-electron chi connectivity index (χ0n) is 11.2. The number of benzene rings is 1. The highest BCUT2D eigenvalue weighted by atomic mass is 79.9. The summed E-state index contributed by atoms with van der Waals surface area (Å²) < 4.78 is 0.961. The molecule has 1 aromatic rings. The lowest BCUT2D eigenvalue weighted by Crippen LogP contribution is -2.60. The van der Waals surface area contributed by atoms with Crippen molar-refractivity contribution >= 4 is 27.5 Å². The van der Waals surface area contributed by atoms with E-state index in [1.807, 2.05) is 41.1 Å². The molecule has 1 aromatic carbocycles. The van der Waals surface area contributed by atoms with Gasteiger partial charge in [0.1, 0.15) is 0 Å². The first-order valence-electron chi connectivity index (χ1n) is 6.44. The largest absolute Gasteiger partial charge is 0.396 e. The maximum absolute atomic E-state index is 12.5. The molecule has 5 heteroatoms. The van der Waals surface area contributed by atoms with Crippen LogP contribution in [0.2, 0.25) is 0 Å². The SMILES string of the molecule is CC1CN(c2cccc(Br)c2)C(=O)C(CCO)N1C. The third kappa shape index (κ3) is 2.99. The molecule has 1 aliphatic heterocycles. The van der Waals surface area contributed by atoms with E-state index in [0.29, 0.717) is 13.0 Å². The number of carbonyl (C=O) groups excluding carboxylic acids is 1. The molecule has 2 unspecified atom stereocenters. The fourth-order valence-corrected chi connectivity index (χ4v) is 2.86. The zero-order valence-corrected chi connectivity index (χ0v) is 12.8. The average molecular weight is 327 g/mol. The number of amides is 1. The van der Waals surface area contributed by atoms with Crippen LogP contribution < -0.4 is 4.90 Å². The Bertz CT molecular complexity index is 467. The van der Waals surface area contributed by atoms with Crippen molar-refractivity contribution < 1.29 is 9.90 Å². The van der Waals surface area contributed by atoms with Gasteiger partial charge >= 0.3 is 0 Å². The van der Waals surface area contributed by atoms with Crippen LogP contribution in [0.25, 0.3) is 0 Å². The van der Waals surface area contributed by atoms with Gasteiger partial charge in [-0.15, -0.1) is 0 Å². The van der Waals surface area contributed by atoms with Crippen molar-refractivity contribution in [2.45, 2.75) is 25.4 Å². The Morgan fingerprint density at radius 3 is 2.84 bits per heavy atom. The number of carbonyl (C=O) groups is 1. The Labute approximate surface area is 122 Å². The number of anilines is 1. The summed E-state index contributed by atoms with van der Waals surface area (Å²) in [6.07, 6.45) is 0.476. The molecule has 1 N–H and O–H groups in total. The molecule has 1 saturated heterocycles. The van der Waals surface area contributed by atoms with E-state index in [2.05, 4.69) is 22.9 Å². The van der Waals surface area contributed by atoms with Gasteiger partial charge in [-0.3, -0.25) is 9.69 Å². The third-order valence-corrected chi connectivity index (χ3v) is 4.20. The van der Waals surface area contributed by atoms with E-state index in [0.717, 1.165) is 10.2 Å². The lowest BCUT2D eigenvalue weighted by atomic mass is 10.0. The van der Waals surface area contributed by atoms with Crippen LogP contribution in [0, 0.1) is 0 Å². The second-order valence-electron chi connectivity index (χ2n) is 4.97. The van der Waals surface area contributed by atoms with E-state index in [1.54, 1.807) is 0 Å². The molecule has 2 atom stereocenters. The molecule has 2 rings (SSSR count). The van der Waals surface area contributed by atoms with Crippen LogP contribution in [0.3, 0.4) is 0 Å². The Hall–Kier alpha value is -0.910. The van der Waals surface area contributed by atoms with Crippen molar-refractivity contribution in [3.8, 4) is 0 Å². The fraction of sp³-hybridized carbons (Fsp3) is 0.500. The molecule has 0 spiro atoms. The van der Waals surface area contributed by atoms with Crippen molar-refractivity contribution in [1.29, 1.82) is 0 Å². The number of hydrogen-bond acceptors (Lipinski definition) is 3. The molecule has 1 aliphatic rings. The minimum atomic E-state index is -0.243. The van der Waals surface area contributed by atoms with Crippen LogP contribution in [0.5, 0.6) is 0 Å². The number of aliphatic hydroxyl groups excluding tert-OH is 1. The Balaban J connectivity index is 2.28. The third-order valence-electron chi connectivity index (χ3n) is 3.71. The summed E-state index contributed by atoms with van der Waals surface area (Å²) in [4.78, 5) is 16.4. The Morgan fingerprint density at radius 2 is 2.21 bits per heavy atom. The minimum absolute atomic E-state index is 0.0276. The van der Waals surface area contributed by atoms with Gasteiger partial charge in [-0.25, -0.2) is 0 Å². The molecule has 0 radical (unpaired) electrons. The van der Waals surface area contributed by atoms with Crippen LogP contribution in [0.15, 0.2) is 28.7 Å². The number of hydrogen-bond donors (Lipinski definition) is 1. The number of likely N-dealkylation sites (N-methyl/N-ethyl adjacent to an activating group) is 1. The molecule has 0 aliphatic carbocycles. The molecule has 0 bridgehead atoms. The van der Waals surface area contributed by atoms with Crippen LogP contribution in [-0.2, 0) is 4.79 Å². The van der Waals surface area contributed by atoms with Crippen LogP contribution in [-0.4, -0.2) is 48.2 Å². The molecule has 1 fully saturated rings. The highest BCUT2D eigenvalue weighted by molar-refractivity contribution is 9.10. The fourth-order valence-electron chi connectivity index (χ4n) is 2.47. The van der Waals surface area contributed by atoms with Gasteiger partial charge in [0, 0.05) is 29.4 Å². The summed E-state index contributed by atoms with van der Waals surface area (Å²) in [5.74, 6) is 0.0627. The standard InChI is InChI=1S/C14H19BrN2O2/c1-10-9-17(12-5-3-4-11(15)8-12)14(19)13(6-7-18)16(10)2/h3-5,8,10,13,18H,6-7,9H2,1-2H3. The average Bonchev–Trinajstić information content (AvgIpc) is 2.39. The number of aliphatic hydroxyl groups is 1. The molecule has 1 amide bonds. The van der Waals surface area contributed by atoms with E-state index in [4.69, 9.17) is 5.11 Å². The van der Waals surface area contributed by atoms with Gasteiger partial charge < -0.3 is 10.0 Å². The van der Waals surface area contributed by atoms with Gasteiger partial charge in [0.2, 0.25) is 5.91 Å². The van der Waals surface area contributed by atoms with Crippen LogP contribution in [0.4, 0.5) is 5.69 Å². The monoisotopic (exact) mass is 326 g/mol. The highest BCUT2D eigenvalue weighted by Gasteiger charge is 2.36. The van der Waals surface area contributed by atoms with Crippen molar-refractivity contribution in [2.24, 2.45) is 0 Å². The summed E-state index contributed by atoms with van der Waals surface area (Å²) in [7, 11) is 1.95. The van der Waals surface area contributed by atoms with Crippen LogP contribution >= 0.6 is 15.9 Å². The van der Waals surface area contributed by atoms with E-state index >= 15 is 0 Å². The second kappa shape index (κ2) is 6.03. The van der Waals surface area contributed by atoms with Gasteiger partial charge in [0.25, 0.3) is 0 Å². The molecule has 1 heterocycles. The normalized spacial score (nSPS) is 24.8. The van der Waals surface area contributed by atoms with Crippen molar-refractivity contribution in [2.75, 3.05) is 25.1 Å². The predicted molar refractivity (Wildman–Crippen MR) is 79.2 cm³/mol. The number of nitrogens with zero attached hydrogens (tertiary/aromatic N) is 2. The Morgan fingerprint density at radius 1 is 1.47 bits per heavy atom. The van der Waals surface area contributed by atoms with Gasteiger partial charge in [0.05, 0.1) is 6.04 Å². The van der Waals surface area contributed by atoms with Gasteiger partial charge in [0.15, 0.2) is 0 Å². The summed E-state index contributed by atoms with van der Waals surface area (Å²) in [6, 6.07) is 7.79. The number of rotatable bonds is 3. The lowest BCUT2D eigenvalue weighted by Gasteiger charge is -2.43. The minimum Gasteiger partial charge on any atom is -0.396 e. The molecule has 0 aromatic heterocycles. The number of halogens is 1. The smallest absolute Gasteiger partial charge is 0.244 e. The molecule has 0 saturated carbocycles. The molecule has 4 nitrogen and oxygen atoms in total. The maximum Gasteiger partial charge on any atom is 0.244 e. The number of piperazine rings is 1. The molecular weight excluding hydrogens is 308 g/mol. The zero-order chi connectivity index (χ0) is 14.0. The highest BCUT2D eigenvalue weighted by Crippen LogP contribution is 2.26. The van der Waals surface area contributed by atoms with Gasteiger partial charge in [-0.05, 0) is 38.6 Å². The predicted octanol–water partition coefficient (Wildman–Crippen LogP) is 1.87. The molecule has 19 heavy (non-hydrogen) atoms. The van der Waals surface area contributed by atoms with Gasteiger partial charge in [-0.2, -0.15) is 0 Å². The van der Waals surface area contributed by atoms with Gasteiger partial charge in [-0.1, -0.05) is 22.0 Å².